The predicted molar refractivity (Wildman–Crippen MR) is 86.0 cm³/mol. The van der Waals surface area contributed by atoms with Crippen molar-refractivity contribution in [3.8, 4) is 5.75 Å². The number of benzene rings is 1. The van der Waals surface area contributed by atoms with Crippen LogP contribution in [0.4, 0.5) is 0 Å². The summed E-state index contributed by atoms with van der Waals surface area (Å²) in [5.74, 6) is -0.365. The SMILES string of the molecule is COc1ccc([C@H](CC(=O)O)NC(=O)c2ncoc2C(C)C)cc1. The number of carboxylic acids is 1. The zero-order valence-electron chi connectivity index (χ0n) is 13.8. The minimum Gasteiger partial charge on any atom is -0.497 e. The Morgan fingerprint density at radius 2 is 1.96 bits per heavy atom. The summed E-state index contributed by atoms with van der Waals surface area (Å²) in [7, 11) is 1.55. The van der Waals surface area contributed by atoms with E-state index in [-0.39, 0.29) is 18.0 Å². The fourth-order valence-electron chi connectivity index (χ4n) is 2.32. The molecule has 0 aliphatic carbocycles. The Morgan fingerprint density at radius 1 is 1.29 bits per heavy atom. The van der Waals surface area contributed by atoms with E-state index in [1.807, 2.05) is 13.8 Å². The number of nitrogens with zero attached hydrogens (tertiary/aromatic N) is 1. The van der Waals surface area contributed by atoms with Crippen molar-refractivity contribution in [1.82, 2.24) is 10.3 Å². The van der Waals surface area contributed by atoms with Crippen LogP contribution in [0.25, 0.3) is 0 Å². The number of carbonyl (C=O) groups is 2. The Bertz CT molecular complexity index is 706. The molecular formula is C17H20N2O5. The zero-order valence-corrected chi connectivity index (χ0v) is 13.8. The topological polar surface area (TPSA) is 102 Å². The van der Waals surface area contributed by atoms with Gasteiger partial charge in [0.05, 0.1) is 19.6 Å². The third-order valence-electron chi connectivity index (χ3n) is 3.54. The minimum atomic E-state index is -1.01. The van der Waals surface area contributed by atoms with E-state index in [1.165, 1.54) is 6.39 Å². The van der Waals surface area contributed by atoms with E-state index in [9.17, 15) is 9.59 Å². The Hall–Kier alpha value is -2.83. The van der Waals surface area contributed by atoms with Crippen molar-refractivity contribution in [3.63, 3.8) is 0 Å². The van der Waals surface area contributed by atoms with Crippen LogP contribution in [0.5, 0.6) is 5.75 Å². The molecule has 0 aliphatic rings. The van der Waals surface area contributed by atoms with Crippen LogP contribution >= 0.6 is 0 Å². The molecular weight excluding hydrogens is 312 g/mol. The molecule has 2 rings (SSSR count). The molecule has 1 aromatic carbocycles. The van der Waals surface area contributed by atoms with Crippen LogP contribution in [0, 0.1) is 0 Å². The second-order valence-corrected chi connectivity index (χ2v) is 5.62. The number of hydrogen-bond acceptors (Lipinski definition) is 5. The largest absolute Gasteiger partial charge is 0.497 e. The van der Waals surface area contributed by atoms with Gasteiger partial charge in [0.1, 0.15) is 11.5 Å². The lowest BCUT2D eigenvalue weighted by Gasteiger charge is -2.17. The third-order valence-corrected chi connectivity index (χ3v) is 3.54. The number of nitrogens with one attached hydrogen (secondary N) is 1. The highest BCUT2D eigenvalue weighted by Gasteiger charge is 2.24. The van der Waals surface area contributed by atoms with E-state index in [4.69, 9.17) is 14.3 Å². The molecule has 128 valence electrons. The maximum Gasteiger partial charge on any atom is 0.305 e. The average molecular weight is 332 g/mol. The summed E-state index contributed by atoms with van der Waals surface area (Å²) in [5.41, 5.74) is 0.843. The average Bonchev–Trinajstić information content (AvgIpc) is 3.04. The lowest BCUT2D eigenvalue weighted by Crippen LogP contribution is -2.31. The van der Waals surface area contributed by atoms with Gasteiger partial charge in [-0.15, -0.1) is 0 Å². The maximum atomic E-state index is 12.5. The molecule has 1 aromatic heterocycles. The number of aliphatic carboxylic acids is 1. The molecule has 2 aromatic rings. The molecule has 0 spiro atoms. The summed E-state index contributed by atoms with van der Waals surface area (Å²) in [6.45, 7) is 3.77. The first-order valence-corrected chi connectivity index (χ1v) is 7.52. The van der Waals surface area contributed by atoms with E-state index in [0.717, 1.165) is 0 Å². The maximum absolute atomic E-state index is 12.5. The van der Waals surface area contributed by atoms with Crippen molar-refractivity contribution < 1.29 is 23.8 Å². The predicted octanol–water partition coefficient (Wildman–Crippen LogP) is 2.75. The molecule has 1 amide bonds. The standard InChI is InChI=1S/C17H20N2O5/c1-10(2)16-15(18-9-24-16)17(22)19-13(8-14(20)21)11-4-6-12(23-3)7-5-11/h4-7,9-10,13H,8H2,1-3H3,(H,19,22)(H,20,21)/t13-/m0/s1. The first-order chi connectivity index (χ1) is 11.4. The van der Waals surface area contributed by atoms with Crippen molar-refractivity contribution in [2.75, 3.05) is 7.11 Å². The smallest absolute Gasteiger partial charge is 0.305 e. The number of carboxylic acid groups (broad SMARTS) is 1. The molecule has 1 atom stereocenters. The number of ether oxygens (including phenoxy) is 1. The molecule has 0 saturated heterocycles. The number of oxazole rings is 1. The molecule has 7 nitrogen and oxygen atoms in total. The van der Waals surface area contributed by atoms with Crippen LogP contribution in [0.2, 0.25) is 0 Å². The third kappa shape index (κ3) is 4.13. The van der Waals surface area contributed by atoms with E-state index in [0.29, 0.717) is 17.1 Å². The first-order valence-electron chi connectivity index (χ1n) is 7.52. The number of rotatable bonds is 7. The van der Waals surface area contributed by atoms with Gasteiger partial charge < -0.3 is 19.6 Å². The van der Waals surface area contributed by atoms with Crippen LogP contribution in [0.1, 0.15) is 54.0 Å². The van der Waals surface area contributed by atoms with Gasteiger partial charge in [0.2, 0.25) is 0 Å². The molecule has 0 unspecified atom stereocenters. The minimum absolute atomic E-state index is 0.00726. The van der Waals surface area contributed by atoms with Gasteiger partial charge in [0.25, 0.3) is 5.91 Å². The van der Waals surface area contributed by atoms with Crippen molar-refractivity contribution in [2.24, 2.45) is 0 Å². The van der Waals surface area contributed by atoms with Crippen molar-refractivity contribution >= 4 is 11.9 Å². The molecule has 2 N–H and O–H groups in total. The van der Waals surface area contributed by atoms with Gasteiger partial charge in [-0.3, -0.25) is 9.59 Å². The van der Waals surface area contributed by atoms with Crippen LogP contribution < -0.4 is 10.1 Å². The monoisotopic (exact) mass is 332 g/mol. The van der Waals surface area contributed by atoms with Gasteiger partial charge in [0.15, 0.2) is 12.1 Å². The van der Waals surface area contributed by atoms with Gasteiger partial charge >= 0.3 is 5.97 Å². The summed E-state index contributed by atoms with van der Waals surface area (Å²) in [5, 5.41) is 11.8. The second kappa shape index (κ2) is 7.63. The number of carbonyl (C=O) groups excluding carboxylic acids is 1. The number of methoxy groups -OCH3 is 1. The van der Waals surface area contributed by atoms with E-state index >= 15 is 0 Å². The van der Waals surface area contributed by atoms with Gasteiger partial charge in [0, 0.05) is 5.92 Å². The Morgan fingerprint density at radius 3 is 2.50 bits per heavy atom. The second-order valence-electron chi connectivity index (χ2n) is 5.62. The highest BCUT2D eigenvalue weighted by molar-refractivity contribution is 5.93. The summed E-state index contributed by atoms with van der Waals surface area (Å²) in [4.78, 5) is 27.6. The molecule has 1 heterocycles. The Kier molecular flexibility index (Phi) is 5.57. The quantitative estimate of drug-likeness (QED) is 0.808. The lowest BCUT2D eigenvalue weighted by molar-refractivity contribution is -0.137. The number of hydrogen-bond donors (Lipinski definition) is 2. The molecule has 0 fully saturated rings. The van der Waals surface area contributed by atoms with Crippen LogP contribution in [-0.2, 0) is 4.79 Å². The normalized spacial score (nSPS) is 12.0. The molecule has 0 radical (unpaired) electrons. The molecule has 7 heteroatoms. The number of aromatic nitrogens is 1. The van der Waals surface area contributed by atoms with E-state index < -0.39 is 17.9 Å². The van der Waals surface area contributed by atoms with E-state index in [1.54, 1.807) is 31.4 Å². The summed E-state index contributed by atoms with van der Waals surface area (Å²) in [6, 6.07) is 6.19. The Balaban J connectivity index is 2.23. The first kappa shape index (κ1) is 17.5. The van der Waals surface area contributed by atoms with Crippen LogP contribution in [0.3, 0.4) is 0 Å². The van der Waals surface area contributed by atoms with Crippen molar-refractivity contribution in [1.29, 1.82) is 0 Å². The highest BCUT2D eigenvalue weighted by Crippen LogP contribution is 2.23. The summed E-state index contributed by atoms with van der Waals surface area (Å²) < 4.78 is 10.3. The van der Waals surface area contributed by atoms with Crippen molar-refractivity contribution in [2.45, 2.75) is 32.2 Å². The Labute approximate surface area is 139 Å². The molecule has 0 bridgehead atoms. The molecule has 0 aliphatic heterocycles. The highest BCUT2D eigenvalue weighted by atomic mass is 16.5. The zero-order chi connectivity index (χ0) is 17.7. The summed E-state index contributed by atoms with van der Waals surface area (Å²) in [6.07, 6.45) is 0.969. The van der Waals surface area contributed by atoms with Gasteiger partial charge in [-0.1, -0.05) is 26.0 Å². The summed E-state index contributed by atoms with van der Waals surface area (Å²) >= 11 is 0. The number of amides is 1. The van der Waals surface area contributed by atoms with Crippen LogP contribution in [0.15, 0.2) is 35.1 Å². The van der Waals surface area contributed by atoms with Crippen molar-refractivity contribution in [3.05, 3.63) is 47.7 Å². The lowest BCUT2D eigenvalue weighted by atomic mass is 10.0. The van der Waals surface area contributed by atoms with Gasteiger partial charge in [-0.05, 0) is 17.7 Å². The fraction of sp³-hybridized carbons (Fsp3) is 0.353. The van der Waals surface area contributed by atoms with Crippen LogP contribution in [-0.4, -0.2) is 29.1 Å². The fourth-order valence-corrected chi connectivity index (χ4v) is 2.32. The van der Waals surface area contributed by atoms with Gasteiger partial charge in [-0.25, -0.2) is 4.98 Å². The van der Waals surface area contributed by atoms with Gasteiger partial charge in [-0.2, -0.15) is 0 Å². The molecule has 0 saturated carbocycles. The van der Waals surface area contributed by atoms with E-state index in [2.05, 4.69) is 10.3 Å². The molecule has 24 heavy (non-hydrogen) atoms.